The van der Waals surface area contributed by atoms with Crippen molar-refractivity contribution in [3.63, 3.8) is 0 Å². The molecule has 9 nitrogen and oxygen atoms in total. The molecular weight excluding hydrogens is 276 g/mol. The van der Waals surface area contributed by atoms with Crippen LogP contribution in [0.15, 0.2) is 29.2 Å². The Morgan fingerprint density at radius 1 is 1.42 bits per heavy atom. The van der Waals surface area contributed by atoms with Gasteiger partial charge in [0.15, 0.2) is 0 Å². The Morgan fingerprint density at radius 2 is 2.11 bits per heavy atom. The van der Waals surface area contributed by atoms with Crippen LogP contribution in [-0.2, 0) is 10.0 Å². The number of fused-ring (bicyclic) bond motifs is 1. The molecule has 0 saturated carbocycles. The number of hydrogen-bond donors (Lipinski definition) is 1. The van der Waals surface area contributed by atoms with Crippen molar-refractivity contribution in [1.29, 1.82) is 0 Å². The van der Waals surface area contributed by atoms with Gasteiger partial charge in [-0.15, -0.1) is 0 Å². The zero-order valence-electron chi connectivity index (χ0n) is 9.60. The number of nitrogens with one attached hydrogen (secondary N) is 1. The molecule has 0 bridgehead atoms. The quantitative estimate of drug-likeness (QED) is 0.615. The SMILES string of the molecule is CS(=O)(=O)Nn1c(=O)cnc2ccc([N+](=O)[O-])cc21. The second kappa shape index (κ2) is 4.31. The molecule has 0 saturated heterocycles. The Morgan fingerprint density at radius 3 is 2.68 bits per heavy atom. The molecule has 100 valence electrons. The molecule has 0 radical (unpaired) electrons. The lowest BCUT2D eigenvalue weighted by Crippen LogP contribution is -2.32. The lowest BCUT2D eigenvalue weighted by atomic mass is 10.2. The van der Waals surface area contributed by atoms with E-state index >= 15 is 0 Å². The van der Waals surface area contributed by atoms with Crippen LogP contribution in [0.25, 0.3) is 11.0 Å². The molecule has 0 unspecified atom stereocenters. The third-order valence-corrected chi connectivity index (χ3v) is 2.72. The Labute approximate surface area is 106 Å². The van der Waals surface area contributed by atoms with E-state index in [0.717, 1.165) is 18.5 Å². The highest BCUT2D eigenvalue weighted by molar-refractivity contribution is 7.91. The number of nitro groups is 1. The van der Waals surface area contributed by atoms with Crippen molar-refractivity contribution in [3.8, 4) is 0 Å². The maximum atomic E-state index is 11.6. The first kappa shape index (κ1) is 13.0. The molecule has 19 heavy (non-hydrogen) atoms. The number of sulfonamides is 1. The van der Waals surface area contributed by atoms with Crippen molar-refractivity contribution in [3.05, 3.63) is 44.9 Å². The molecule has 1 heterocycles. The largest absolute Gasteiger partial charge is 0.288 e. The van der Waals surface area contributed by atoms with Gasteiger partial charge in [-0.1, -0.05) is 0 Å². The van der Waals surface area contributed by atoms with E-state index in [4.69, 9.17) is 0 Å². The summed E-state index contributed by atoms with van der Waals surface area (Å²) >= 11 is 0. The van der Waals surface area contributed by atoms with Gasteiger partial charge in [0.05, 0.1) is 28.4 Å². The second-order valence-electron chi connectivity index (χ2n) is 3.73. The van der Waals surface area contributed by atoms with Crippen LogP contribution in [0.5, 0.6) is 0 Å². The van der Waals surface area contributed by atoms with Gasteiger partial charge in [0.1, 0.15) is 0 Å². The van der Waals surface area contributed by atoms with Gasteiger partial charge in [0.2, 0.25) is 10.0 Å². The highest BCUT2D eigenvalue weighted by Gasteiger charge is 2.12. The molecule has 0 aliphatic carbocycles. The van der Waals surface area contributed by atoms with E-state index < -0.39 is 20.5 Å². The van der Waals surface area contributed by atoms with Gasteiger partial charge in [0, 0.05) is 12.1 Å². The van der Waals surface area contributed by atoms with E-state index in [1.54, 1.807) is 0 Å². The molecule has 0 aliphatic heterocycles. The molecular formula is C9H8N4O5S. The van der Waals surface area contributed by atoms with Gasteiger partial charge in [-0.05, 0) is 6.07 Å². The van der Waals surface area contributed by atoms with Crippen molar-refractivity contribution < 1.29 is 13.3 Å². The molecule has 0 atom stereocenters. The van der Waals surface area contributed by atoms with Crippen molar-refractivity contribution in [2.75, 3.05) is 11.1 Å². The zero-order valence-corrected chi connectivity index (χ0v) is 10.4. The Kier molecular flexibility index (Phi) is 2.94. The maximum Gasteiger partial charge on any atom is 0.288 e. The summed E-state index contributed by atoms with van der Waals surface area (Å²) in [4.78, 5) is 27.4. The fraction of sp³-hybridized carbons (Fsp3) is 0.111. The van der Waals surface area contributed by atoms with Crippen LogP contribution in [0, 0.1) is 10.1 Å². The molecule has 1 aromatic heterocycles. The van der Waals surface area contributed by atoms with Gasteiger partial charge >= 0.3 is 0 Å². The third-order valence-electron chi connectivity index (χ3n) is 2.20. The third kappa shape index (κ3) is 2.68. The van der Waals surface area contributed by atoms with Gasteiger partial charge < -0.3 is 0 Å². The molecule has 0 fully saturated rings. The average Bonchev–Trinajstić information content (AvgIpc) is 2.31. The van der Waals surface area contributed by atoms with Gasteiger partial charge in [0.25, 0.3) is 11.2 Å². The summed E-state index contributed by atoms with van der Waals surface area (Å²) in [6.07, 6.45) is 1.79. The molecule has 10 heteroatoms. The highest BCUT2D eigenvalue weighted by atomic mass is 32.2. The van der Waals surface area contributed by atoms with Gasteiger partial charge in [-0.3, -0.25) is 14.9 Å². The number of nitro benzene ring substituents is 1. The monoisotopic (exact) mass is 284 g/mol. The first-order valence-electron chi connectivity index (χ1n) is 4.92. The minimum Gasteiger partial charge on any atom is -0.266 e. The topological polar surface area (TPSA) is 124 Å². The molecule has 0 spiro atoms. The predicted molar refractivity (Wildman–Crippen MR) is 66.9 cm³/mol. The van der Waals surface area contributed by atoms with Gasteiger partial charge in [-0.25, -0.2) is 22.9 Å². The predicted octanol–water partition coefficient (Wildman–Crippen LogP) is -0.192. The summed E-state index contributed by atoms with van der Waals surface area (Å²) in [5, 5.41) is 10.7. The van der Waals surface area contributed by atoms with Gasteiger partial charge in [-0.2, -0.15) is 0 Å². The fourth-order valence-electron chi connectivity index (χ4n) is 1.47. The fourth-order valence-corrected chi connectivity index (χ4v) is 1.99. The Bertz CT molecular complexity index is 826. The second-order valence-corrected chi connectivity index (χ2v) is 5.45. The number of nitrogens with zero attached hydrogens (tertiary/aromatic N) is 3. The molecule has 2 rings (SSSR count). The number of aromatic nitrogens is 2. The summed E-state index contributed by atoms with van der Waals surface area (Å²) in [6.45, 7) is 0. The summed E-state index contributed by atoms with van der Waals surface area (Å²) in [5.41, 5.74) is -0.754. The van der Waals surface area contributed by atoms with E-state index in [9.17, 15) is 23.3 Å². The van der Waals surface area contributed by atoms with Crippen LogP contribution in [0.2, 0.25) is 0 Å². The number of hydrogen-bond acceptors (Lipinski definition) is 6. The van der Waals surface area contributed by atoms with Crippen LogP contribution in [-0.4, -0.2) is 29.3 Å². The molecule has 1 aromatic carbocycles. The normalized spacial score (nSPS) is 11.4. The van der Waals surface area contributed by atoms with E-state index in [1.807, 2.05) is 4.83 Å². The zero-order chi connectivity index (χ0) is 14.2. The minimum absolute atomic E-state index is 0.00660. The van der Waals surface area contributed by atoms with Crippen molar-refractivity contribution in [2.24, 2.45) is 0 Å². The number of benzene rings is 1. The molecule has 2 aromatic rings. The first-order chi connectivity index (χ1) is 8.78. The molecule has 1 N–H and O–H groups in total. The first-order valence-corrected chi connectivity index (χ1v) is 6.81. The average molecular weight is 284 g/mol. The number of non-ortho nitro benzene ring substituents is 1. The maximum absolute atomic E-state index is 11.6. The lowest BCUT2D eigenvalue weighted by molar-refractivity contribution is -0.384. The Hall–Kier alpha value is -2.49. The summed E-state index contributed by atoms with van der Waals surface area (Å²) < 4.78 is 23.1. The smallest absolute Gasteiger partial charge is 0.266 e. The molecule has 0 aliphatic rings. The van der Waals surface area contributed by atoms with E-state index in [0.29, 0.717) is 4.68 Å². The van der Waals surface area contributed by atoms with Crippen LogP contribution in [0.4, 0.5) is 5.69 Å². The summed E-state index contributed by atoms with van der Waals surface area (Å²) in [5.74, 6) is 0. The standard InChI is InChI=1S/C9H8N4O5S/c1-19(17,18)11-12-8-4-6(13(15)16)2-3-7(8)10-5-9(12)14/h2-5,11H,1H3. The van der Waals surface area contributed by atoms with Crippen LogP contribution in [0.1, 0.15) is 0 Å². The highest BCUT2D eigenvalue weighted by Crippen LogP contribution is 2.17. The molecule has 0 amide bonds. The van der Waals surface area contributed by atoms with Crippen LogP contribution in [0.3, 0.4) is 0 Å². The number of rotatable bonds is 3. The van der Waals surface area contributed by atoms with E-state index in [1.165, 1.54) is 12.1 Å². The van der Waals surface area contributed by atoms with Crippen molar-refractivity contribution in [2.45, 2.75) is 0 Å². The van der Waals surface area contributed by atoms with Crippen molar-refractivity contribution in [1.82, 2.24) is 9.66 Å². The summed E-state index contributed by atoms with van der Waals surface area (Å²) in [7, 11) is -3.71. The van der Waals surface area contributed by atoms with Crippen LogP contribution < -0.4 is 10.4 Å². The van der Waals surface area contributed by atoms with Crippen LogP contribution >= 0.6 is 0 Å². The van der Waals surface area contributed by atoms with E-state index in [-0.39, 0.29) is 16.7 Å². The lowest BCUT2D eigenvalue weighted by Gasteiger charge is -2.09. The minimum atomic E-state index is -3.71. The Balaban J connectivity index is 2.79. The van der Waals surface area contributed by atoms with Crippen molar-refractivity contribution >= 4 is 26.7 Å². The van der Waals surface area contributed by atoms with E-state index in [2.05, 4.69) is 4.98 Å². The summed E-state index contributed by atoms with van der Waals surface area (Å²) in [6, 6.07) is 3.61.